The number of nitrogens with zero attached hydrogens (tertiary/aromatic N) is 4. The van der Waals surface area contributed by atoms with Gasteiger partial charge in [-0.25, -0.2) is 15.0 Å². The number of pyridine rings is 1. The number of hydroxylamine groups is 1. The van der Waals surface area contributed by atoms with Gasteiger partial charge < -0.3 is 4.57 Å². The third kappa shape index (κ3) is 3.57. The Bertz CT molecular complexity index is 1210. The van der Waals surface area contributed by atoms with Gasteiger partial charge in [0.05, 0.1) is 12.2 Å². The third-order valence-corrected chi connectivity index (χ3v) is 5.30. The van der Waals surface area contributed by atoms with Crippen LogP contribution in [0.1, 0.15) is 29.6 Å². The highest BCUT2D eigenvalue weighted by molar-refractivity contribution is 5.86. The second-order valence-electron chi connectivity index (χ2n) is 7.41. The van der Waals surface area contributed by atoms with Crippen LogP contribution in [0.2, 0.25) is 0 Å². The molecule has 0 unspecified atom stereocenters. The molecule has 2 heterocycles. The predicted molar refractivity (Wildman–Crippen MR) is 120 cm³/mol. The lowest BCUT2D eigenvalue weighted by atomic mass is 10.0. The van der Waals surface area contributed by atoms with Crippen molar-refractivity contribution in [1.82, 2.24) is 14.5 Å². The van der Waals surface area contributed by atoms with E-state index in [1.165, 1.54) is 0 Å². The van der Waals surface area contributed by atoms with Gasteiger partial charge in [0.25, 0.3) is 0 Å². The van der Waals surface area contributed by atoms with Crippen LogP contribution in [0.15, 0.2) is 54.6 Å². The number of aryl methyl sites for hydroxylation is 3. The molecule has 0 radical (unpaired) electrons. The van der Waals surface area contributed by atoms with Gasteiger partial charge in [-0.2, -0.15) is 0 Å². The van der Waals surface area contributed by atoms with E-state index in [-0.39, 0.29) is 0 Å². The number of para-hydroxylation sites is 1. The quantitative estimate of drug-likeness (QED) is 0.268. The number of nitrogens with one attached hydrogen (secondary N) is 1. The highest BCUT2D eigenvalue weighted by Gasteiger charge is 2.14. The average Bonchev–Trinajstić information content (AvgIpc) is 3.11. The number of hydrogen-bond acceptors (Lipinski definition) is 4. The fourth-order valence-electron chi connectivity index (χ4n) is 3.84. The molecule has 0 bridgehead atoms. The third-order valence-electron chi connectivity index (χ3n) is 5.30. The van der Waals surface area contributed by atoms with Gasteiger partial charge in [0, 0.05) is 17.7 Å². The Morgan fingerprint density at radius 1 is 1.07 bits per heavy atom. The maximum absolute atomic E-state index is 9.97. The van der Waals surface area contributed by atoms with Crippen LogP contribution in [0, 0.1) is 19.3 Å². The van der Waals surface area contributed by atoms with Crippen LogP contribution in [-0.2, 0) is 13.0 Å². The zero-order valence-electron chi connectivity index (χ0n) is 17.4. The topological polar surface area (TPSA) is 78.0 Å². The molecule has 0 saturated carbocycles. The highest BCUT2D eigenvalue weighted by atomic mass is 16.5. The zero-order chi connectivity index (χ0) is 21.3. The summed E-state index contributed by atoms with van der Waals surface area (Å²) in [6, 6.07) is 17.8. The van der Waals surface area contributed by atoms with Gasteiger partial charge in [-0.15, -0.1) is 0 Å². The summed E-state index contributed by atoms with van der Waals surface area (Å²) in [5, 5.41) is 18.1. The second kappa shape index (κ2) is 8.08. The van der Waals surface area contributed by atoms with Crippen molar-refractivity contribution in [2.24, 2.45) is 0 Å². The van der Waals surface area contributed by atoms with Gasteiger partial charge >= 0.3 is 0 Å². The van der Waals surface area contributed by atoms with Crippen molar-refractivity contribution >= 4 is 23.2 Å². The first kappa shape index (κ1) is 19.8. The lowest BCUT2D eigenvalue weighted by Gasteiger charge is -2.15. The summed E-state index contributed by atoms with van der Waals surface area (Å²) in [7, 11) is 0. The number of anilines is 1. The van der Waals surface area contributed by atoms with E-state index in [1.54, 1.807) is 6.07 Å². The van der Waals surface area contributed by atoms with Crippen molar-refractivity contribution in [3.05, 3.63) is 77.2 Å². The van der Waals surface area contributed by atoms with Crippen molar-refractivity contribution < 1.29 is 5.21 Å². The monoisotopic (exact) mass is 399 g/mol. The van der Waals surface area contributed by atoms with Crippen molar-refractivity contribution in [2.45, 2.75) is 33.7 Å². The minimum Gasteiger partial charge on any atom is -0.308 e. The molecule has 4 rings (SSSR count). The Morgan fingerprint density at radius 2 is 1.80 bits per heavy atom. The standard InChI is InChI=1S/C24H25N5O/c1-4-22-27-23-16(2)13-17(3)26-24(23)28(22)14-18-9-11-19(12-10-18)20-7-5-6-8-21(20)29(30)15-25/h5-13,15,25,30H,4,14H2,1-3H3. The molecule has 152 valence electrons. The lowest BCUT2D eigenvalue weighted by Crippen LogP contribution is -2.15. The van der Waals surface area contributed by atoms with Crippen molar-refractivity contribution in [3.8, 4) is 11.1 Å². The molecule has 0 fully saturated rings. The Hall–Kier alpha value is -3.51. The molecule has 0 saturated heterocycles. The first-order chi connectivity index (χ1) is 14.5. The van der Waals surface area contributed by atoms with Gasteiger partial charge in [-0.05, 0) is 42.7 Å². The van der Waals surface area contributed by atoms with Crippen LogP contribution >= 0.6 is 0 Å². The minimum atomic E-state index is 0.573. The molecule has 2 N–H and O–H groups in total. The predicted octanol–water partition coefficient (Wildman–Crippen LogP) is 5.13. The van der Waals surface area contributed by atoms with Crippen molar-refractivity contribution in [3.63, 3.8) is 0 Å². The largest absolute Gasteiger partial charge is 0.308 e. The summed E-state index contributed by atoms with van der Waals surface area (Å²) < 4.78 is 2.20. The number of fused-ring (bicyclic) bond motifs is 1. The fraction of sp³-hybridized carbons (Fsp3) is 0.208. The normalized spacial score (nSPS) is 11.1. The molecule has 0 atom stereocenters. The first-order valence-corrected chi connectivity index (χ1v) is 10.0. The van der Waals surface area contributed by atoms with E-state index >= 15 is 0 Å². The van der Waals surface area contributed by atoms with E-state index in [1.807, 2.05) is 37.3 Å². The van der Waals surface area contributed by atoms with Gasteiger partial charge in [-0.3, -0.25) is 10.6 Å². The smallest absolute Gasteiger partial charge is 0.160 e. The van der Waals surface area contributed by atoms with Crippen LogP contribution in [-0.4, -0.2) is 26.1 Å². The number of rotatable bonds is 6. The molecular formula is C24H25N5O. The first-order valence-electron chi connectivity index (χ1n) is 10.0. The van der Waals surface area contributed by atoms with Gasteiger partial charge in [-0.1, -0.05) is 49.4 Å². The molecule has 0 aliphatic rings. The summed E-state index contributed by atoms with van der Waals surface area (Å²) in [6.45, 7) is 6.91. The highest BCUT2D eigenvalue weighted by Crippen LogP contribution is 2.30. The van der Waals surface area contributed by atoms with Crippen LogP contribution in [0.25, 0.3) is 22.3 Å². The van der Waals surface area contributed by atoms with Crippen LogP contribution in [0.4, 0.5) is 5.69 Å². The molecule has 0 aliphatic heterocycles. The second-order valence-corrected chi connectivity index (χ2v) is 7.41. The molecule has 30 heavy (non-hydrogen) atoms. The van der Waals surface area contributed by atoms with Crippen LogP contribution in [0.3, 0.4) is 0 Å². The Kier molecular flexibility index (Phi) is 5.33. The molecule has 6 heteroatoms. The van der Waals surface area contributed by atoms with Gasteiger partial charge in [0.2, 0.25) is 0 Å². The average molecular weight is 399 g/mol. The molecule has 0 amide bonds. The summed E-state index contributed by atoms with van der Waals surface area (Å²) in [5.74, 6) is 1.03. The van der Waals surface area contributed by atoms with Crippen LogP contribution in [0.5, 0.6) is 0 Å². The van der Waals surface area contributed by atoms with Crippen molar-refractivity contribution in [1.29, 1.82) is 5.41 Å². The van der Waals surface area contributed by atoms with E-state index in [9.17, 15) is 5.21 Å². The lowest BCUT2D eigenvalue weighted by molar-refractivity contribution is 0.316. The maximum atomic E-state index is 9.97. The molecule has 4 aromatic rings. The van der Waals surface area contributed by atoms with Gasteiger partial charge in [0.15, 0.2) is 5.65 Å². The molecule has 2 aromatic carbocycles. The SMILES string of the molecule is CCc1nc2c(C)cc(C)nc2n1Cc1ccc(-c2ccccc2N(O)C=N)cc1. The number of benzene rings is 2. The van der Waals surface area contributed by atoms with E-state index in [0.717, 1.165) is 62.8 Å². The Balaban J connectivity index is 1.70. The van der Waals surface area contributed by atoms with Gasteiger partial charge in [0.1, 0.15) is 17.7 Å². The Labute approximate surface area is 175 Å². The summed E-state index contributed by atoms with van der Waals surface area (Å²) in [5.41, 5.74) is 7.62. The van der Waals surface area contributed by atoms with Crippen LogP contribution < -0.4 is 5.06 Å². The van der Waals surface area contributed by atoms with E-state index in [0.29, 0.717) is 12.2 Å². The van der Waals surface area contributed by atoms with E-state index < -0.39 is 0 Å². The fourth-order valence-corrected chi connectivity index (χ4v) is 3.84. The number of aromatic nitrogens is 3. The molecule has 0 spiro atoms. The zero-order valence-corrected chi connectivity index (χ0v) is 17.4. The summed E-state index contributed by atoms with van der Waals surface area (Å²) >= 11 is 0. The molecular weight excluding hydrogens is 374 g/mol. The maximum Gasteiger partial charge on any atom is 0.160 e. The summed E-state index contributed by atoms with van der Waals surface area (Å²) in [6.07, 6.45) is 1.73. The molecule has 2 aromatic heterocycles. The number of hydrogen-bond donors (Lipinski definition) is 2. The van der Waals surface area contributed by atoms with E-state index in [4.69, 9.17) is 15.4 Å². The van der Waals surface area contributed by atoms with E-state index in [2.05, 4.69) is 36.6 Å². The molecule has 6 nitrogen and oxygen atoms in total. The molecule has 0 aliphatic carbocycles. The number of imidazole rings is 1. The minimum absolute atomic E-state index is 0.573. The summed E-state index contributed by atoms with van der Waals surface area (Å²) in [4.78, 5) is 9.57. The van der Waals surface area contributed by atoms with Crippen molar-refractivity contribution in [2.75, 3.05) is 5.06 Å². The Morgan fingerprint density at radius 3 is 2.50 bits per heavy atom.